The predicted molar refractivity (Wildman–Crippen MR) is 119 cm³/mol. The summed E-state index contributed by atoms with van der Waals surface area (Å²) in [5.41, 5.74) is 2.19. The minimum atomic E-state index is -0.427. The van der Waals surface area contributed by atoms with Gasteiger partial charge in [-0.3, -0.25) is 4.79 Å². The third-order valence-electron chi connectivity index (χ3n) is 4.95. The molecule has 1 amide bonds. The van der Waals surface area contributed by atoms with Gasteiger partial charge in [0.25, 0.3) is 5.56 Å². The van der Waals surface area contributed by atoms with Crippen molar-refractivity contribution in [3.05, 3.63) is 52.3 Å². The van der Waals surface area contributed by atoms with Gasteiger partial charge in [-0.1, -0.05) is 37.6 Å². The molecule has 8 heteroatoms. The summed E-state index contributed by atoms with van der Waals surface area (Å²) in [6, 6.07) is 11.1. The number of ether oxygens (including phenoxy) is 3. The number of carbonyl (C=O) groups excluding carboxylic acids is 1. The number of benzene rings is 2. The van der Waals surface area contributed by atoms with Crippen molar-refractivity contribution in [2.45, 2.75) is 26.3 Å². The first-order chi connectivity index (χ1) is 15.0. The summed E-state index contributed by atoms with van der Waals surface area (Å²) in [5.74, 6) is 1.00. The molecular weight excluding hydrogens is 398 g/mol. The summed E-state index contributed by atoms with van der Waals surface area (Å²) in [7, 11) is 4.69. The number of hydrogen-bond acceptors (Lipinski definition) is 6. The Morgan fingerprint density at radius 2 is 1.71 bits per heavy atom. The van der Waals surface area contributed by atoms with Crippen LogP contribution in [0, 0.1) is 0 Å². The lowest BCUT2D eigenvalue weighted by Gasteiger charge is -2.13. The Kier molecular flexibility index (Phi) is 7.12. The van der Waals surface area contributed by atoms with Gasteiger partial charge in [0.15, 0.2) is 11.5 Å². The van der Waals surface area contributed by atoms with Crippen LogP contribution in [0.1, 0.15) is 25.3 Å². The van der Waals surface area contributed by atoms with Gasteiger partial charge in [0.2, 0.25) is 0 Å². The first-order valence-electron chi connectivity index (χ1n) is 10.1. The molecule has 0 fully saturated rings. The van der Waals surface area contributed by atoms with E-state index in [1.54, 1.807) is 26.3 Å². The van der Waals surface area contributed by atoms with Crippen molar-refractivity contribution < 1.29 is 19.0 Å². The van der Waals surface area contributed by atoms with Crippen LogP contribution >= 0.6 is 0 Å². The van der Waals surface area contributed by atoms with Crippen molar-refractivity contribution in [2.75, 3.05) is 20.8 Å². The quantitative estimate of drug-likeness (QED) is 0.554. The molecule has 0 radical (unpaired) electrons. The maximum Gasteiger partial charge on any atom is 0.407 e. The number of nitrogens with zero attached hydrogens (tertiary/aromatic N) is 2. The highest BCUT2D eigenvalue weighted by Crippen LogP contribution is 2.34. The van der Waals surface area contributed by atoms with Crippen LogP contribution in [-0.4, -0.2) is 36.7 Å². The first kappa shape index (κ1) is 22.1. The van der Waals surface area contributed by atoms with Gasteiger partial charge >= 0.3 is 6.09 Å². The van der Waals surface area contributed by atoms with Crippen LogP contribution in [0.15, 0.2) is 41.2 Å². The van der Waals surface area contributed by atoms with Crippen molar-refractivity contribution in [1.82, 2.24) is 15.1 Å². The molecule has 0 bridgehead atoms. The first-order valence-corrected chi connectivity index (χ1v) is 10.1. The van der Waals surface area contributed by atoms with E-state index in [0.717, 1.165) is 24.0 Å². The molecule has 0 aliphatic carbocycles. The number of nitrogens with one attached hydrogen (secondary N) is 1. The lowest BCUT2D eigenvalue weighted by atomic mass is 10.0. The predicted octanol–water partition coefficient (Wildman–Crippen LogP) is 3.64. The van der Waals surface area contributed by atoms with Gasteiger partial charge in [-0.15, -0.1) is 0 Å². The summed E-state index contributed by atoms with van der Waals surface area (Å²) < 4.78 is 17.1. The summed E-state index contributed by atoms with van der Waals surface area (Å²) >= 11 is 0. The smallest absolute Gasteiger partial charge is 0.407 e. The van der Waals surface area contributed by atoms with Gasteiger partial charge < -0.3 is 19.5 Å². The molecule has 2 aromatic carbocycles. The Labute approximate surface area is 180 Å². The number of aryl methyl sites for hydroxylation is 1. The Bertz CT molecular complexity index is 1120. The zero-order valence-corrected chi connectivity index (χ0v) is 18.2. The van der Waals surface area contributed by atoms with Crippen molar-refractivity contribution >= 4 is 16.9 Å². The van der Waals surface area contributed by atoms with Gasteiger partial charge in [0.05, 0.1) is 31.9 Å². The van der Waals surface area contributed by atoms with Crippen LogP contribution in [0.4, 0.5) is 4.79 Å². The average molecular weight is 425 g/mol. The molecule has 0 spiro atoms. The number of alkyl carbamates (subject to hydrolysis) is 1. The third-order valence-corrected chi connectivity index (χ3v) is 4.95. The van der Waals surface area contributed by atoms with E-state index >= 15 is 0 Å². The van der Waals surface area contributed by atoms with Crippen LogP contribution in [0.5, 0.6) is 11.5 Å². The Balaban J connectivity index is 1.89. The highest BCUT2D eigenvalue weighted by molar-refractivity contribution is 5.96. The molecule has 1 aromatic heterocycles. The topological polar surface area (TPSA) is 91.7 Å². The van der Waals surface area contributed by atoms with Gasteiger partial charge in [0, 0.05) is 24.5 Å². The normalized spacial score (nSPS) is 10.7. The molecule has 31 heavy (non-hydrogen) atoms. The third kappa shape index (κ3) is 4.96. The minimum absolute atomic E-state index is 0.220. The molecular formula is C23H27N3O5. The van der Waals surface area contributed by atoms with Crippen LogP contribution < -0.4 is 20.3 Å². The second-order valence-electron chi connectivity index (χ2n) is 7.07. The van der Waals surface area contributed by atoms with E-state index in [4.69, 9.17) is 14.2 Å². The number of hydrogen-bond donors (Lipinski definition) is 1. The number of methoxy groups -OCH3 is 2. The van der Waals surface area contributed by atoms with Crippen LogP contribution in [0.25, 0.3) is 22.0 Å². The van der Waals surface area contributed by atoms with Crippen molar-refractivity contribution in [3.63, 3.8) is 0 Å². The fraction of sp³-hybridized carbons (Fsp3) is 0.348. The number of carbonyl (C=O) groups is 1. The van der Waals surface area contributed by atoms with E-state index < -0.39 is 6.09 Å². The highest BCUT2D eigenvalue weighted by atomic mass is 16.5. The maximum absolute atomic E-state index is 12.6. The van der Waals surface area contributed by atoms with E-state index in [2.05, 4.69) is 10.4 Å². The van der Waals surface area contributed by atoms with E-state index in [9.17, 15) is 9.59 Å². The number of rotatable bonds is 8. The molecule has 0 unspecified atom stereocenters. The van der Waals surface area contributed by atoms with E-state index in [1.807, 2.05) is 31.2 Å². The standard InChI is InChI=1S/C23H27N3O5/c1-5-6-11-31-23(28)24-14-15-7-9-16(10-8-15)21-17-12-19(29-3)20(30-4)13-18(17)22(27)26(2)25-21/h7-10,12-13H,5-6,11,14H2,1-4H3,(H,24,28). The molecule has 0 atom stereocenters. The van der Waals surface area contributed by atoms with E-state index in [0.29, 0.717) is 41.1 Å². The monoisotopic (exact) mass is 425 g/mol. The van der Waals surface area contributed by atoms with Gasteiger partial charge in [-0.05, 0) is 24.1 Å². The number of aromatic nitrogens is 2. The highest BCUT2D eigenvalue weighted by Gasteiger charge is 2.15. The summed E-state index contributed by atoms with van der Waals surface area (Å²) in [6.07, 6.45) is 1.39. The summed E-state index contributed by atoms with van der Waals surface area (Å²) in [5, 5.41) is 8.37. The maximum atomic E-state index is 12.6. The second-order valence-corrected chi connectivity index (χ2v) is 7.07. The lowest BCUT2D eigenvalue weighted by Crippen LogP contribution is -2.24. The van der Waals surface area contributed by atoms with E-state index in [-0.39, 0.29) is 5.56 Å². The van der Waals surface area contributed by atoms with Crippen molar-refractivity contribution in [2.24, 2.45) is 7.05 Å². The SMILES string of the molecule is CCCCOC(=O)NCc1ccc(-c2nn(C)c(=O)c3cc(OC)c(OC)cc23)cc1. The summed E-state index contributed by atoms with van der Waals surface area (Å²) in [4.78, 5) is 24.3. The molecule has 1 N–H and O–H groups in total. The lowest BCUT2D eigenvalue weighted by molar-refractivity contribution is 0.144. The van der Waals surface area contributed by atoms with Crippen molar-refractivity contribution in [1.29, 1.82) is 0 Å². The second kappa shape index (κ2) is 9.97. The Morgan fingerprint density at radius 1 is 1.06 bits per heavy atom. The number of unbranched alkanes of at least 4 members (excludes halogenated alkanes) is 1. The molecule has 0 saturated carbocycles. The molecule has 164 valence electrons. The van der Waals surface area contributed by atoms with Crippen LogP contribution in [0.2, 0.25) is 0 Å². The molecule has 8 nitrogen and oxygen atoms in total. The van der Waals surface area contributed by atoms with Gasteiger partial charge in [-0.2, -0.15) is 5.10 Å². The summed E-state index contributed by atoms with van der Waals surface area (Å²) in [6.45, 7) is 2.82. The fourth-order valence-electron chi connectivity index (χ4n) is 3.20. The Hall–Kier alpha value is -3.55. The number of fused-ring (bicyclic) bond motifs is 1. The number of amides is 1. The van der Waals surface area contributed by atoms with Gasteiger partial charge in [-0.25, -0.2) is 9.48 Å². The van der Waals surface area contributed by atoms with Gasteiger partial charge in [0.1, 0.15) is 0 Å². The van der Waals surface area contributed by atoms with E-state index in [1.165, 1.54) is 11.8 Å². The fourth-order valence-corrected chi connectivity index (χ4v) is 3.20. The van der Waals surface area contributed by atoms with Crippen molar-refractivity contribution in [3.8, 4) is 22.8 Å². The molecule has 3 rings (SSSR count). The van der Waals surface area contributed by atoms with Crippen LogP contribution in [-0.2, 0) is 18.3 Å². The molecule has 0 aliphatic heterocycles. The molecule has 3 aromatic rings. The zero-order valence-electron chi connectivity index (χ0n) is 18.2. The molecule has 0 saturated heterocycles. The molecule has 1 heterocycles. The molecule has 0 aliphatic rings. The van der Waals surface area contributed by atoms with Crippen LogP contribution in [0.3, 0.4) is 0 Å². The Morgan fingerprint density at radius 3 is 2.32 bits per heavy atom. The average Bonchev–Trinajstić information content (AvgIpc) is 2.79. The zero-order chi connectivity index (χ0) is 22.4. The minimum Gasteiger partial charge on any atom is -0.493 e. The largest absolute Gasteiger partial charge is 0.493 e.